The molecule has 0 bridgehead atoms. The summed E-state index contributed by atoms with van der Waals surface area (Å²) < 4.78 is 0. The van der Waals surface area contributed by atoms with E-state index in [0.29, 0.717) is 11.2 Å². The van der Waals surface area contributed by atoms with E-state index in [-0.39, 0.29) is 0 Å². The third-order valence-electron chi connectivity index (χ3n) is 3.03. The zero-order valence-corrected chi connectivity index (χ0v) is 10.2. The van der Waals surface area contributed by atoms with Crippen LogP contribution < -0.4 is 5.32 Å². The maximum absolute atomic E-state index is 5.70. The molecule has 2 rings (SSSR count). The maximum atomic E-state index is 5.70. The highest BCUT2D eigenvalue weighted by atomic mass is 35.5. The SMILES string of the molecule is CN(Cc1ccc(Cl)nn1)C1CCNCC1. The molecule has 0 radical (unpaired) electrons. The lowest BCUT2D eigenvalue weighted by Gasteiger charge is -2.31. The second-order valence-corrected chi connectivity index (χ2v) is 4.63. The molecule has 0 amide bonds. The Bertz CT molecular complexity index is 321. The average molecular weight is 241 g/mol. The van der Waals surface area contributed by atoms with E-state index in [1.54, 1.807) is 6.07 Å². The van der Waals surface area contributed by atoms with Crippen molar-refractivity contribution >= 4 is 11.6 Å². The predicted molar refractivity (Wildman–Crippen MR) is 64.4 cm³/mol. The zero-order chi connectivity index (χ0) is 11.4. The Balaban J connectivity index is 1.90. The van der Waals surface area contributed by atoms with Crippen LogP contribution in [0.3, 0.4) is 0 Å². The monoisotopic (exact) mass is 240 g/mol. The number of nitrogens with one attached hydrogen (secondary N) is 1. The van der Waals surface area contributed by atoms with Crippen molar-refractivity contribution in [3.63, 3.8) is 0 Å². The Hall–Kier alpha value is -0.710. The van der Waals surface area contributed by atoms with Crippen molar-refractivity contribution in [2.24, 2.45) is 0 Å². The van der Waals surface area contributed by atoms with E-state index < -0.39 is 0 Å². The highest BCUT2D eigenvalue weighted by Crippen LogP contribution is 2.12. The highest BCUT2D eigenvalue weighted by molar-refractivity contribution is 6.29. The molecule has 1 fully saturated rings. The third kappa shape index (κ3) is 3.14. The molecule has 0 aliphatic carbocycles. The molecular formula is C11H17ClN4. The van der Waals surface area contributed by atoms with Crippen molar-refractivity contribution in [1.82, 2.24) is 20.4 Å². The molecule has 0 spiro atoms. The van der Waals surface area contributed by atoms with E-state index in [1.165, 1.54) is 12.8 Å². The second-order valence-electron chi connectivity index (χ2n) is 4.24. The molecule has 2 heterocycles. The van der Waals surface area contributed by atoms with Crippen molar-refractivity contribution in [2.45, 2.75) is 25.4 Å². The van der Waals surface area contributed by atoms with Crippen LogP contribution >= 0.6 is 11.6 Å². The lowest BCUT2D eigenvalue weighted by Crippen LogP contribution is -2.40. The molecule has 1 aromatic heterocycles. The molecule has 0 aromatic carbocycles. The molecule has 1 saturated heterocycles. The van der Waals surface area contributed by atoms with Gasteiger partial charge in [-0.1, -0.05) is 11.6 Å². The van der Waals surface area contributed by atoms with Crippen LogP contribution in [0.5, 0.6) is 0 Å². The molecule has 1 aliphatic rings. The molecule has 0 saturated carbocycles. The minimum atomic E-state index is 0.452. The van der Waals surface area contributed by atoms with E-state index in [4.69, 9.17) is 11.6 Å². The summed E-state index contributed by atoms with van der Waals surface area (Å²) in [6.07, 6.45) is 2.41. The van der Waals surface area contributed by atoms with Crippen LogP contribution in [0.25, 0.3) is 0 Å². The minimum absolute atomic E-state index is 0.452. The van der Waals surface area contributed by atoms with Gasteiger partial charge in [-0.15, -0.1) is 5.10 Å². The number of piperidine rings is 1. The van der Waals surface area contributed by atoms with E-state index in [9.17, 15) is 0 Å². The molecular weight excluding hydrogens is 224 g/mol. The topological polar surface area (TPSA) is 41.1 Å². The van der Waals surface area contributed by atoms with Crippen LogP contribution in [0, 0.1) is 0 Å². The highest BCUT2D eigenvalue weighted by Gasteiger charge is 2.17. The van der Waals surface area contributed by atoms with E-state index >= 15 is 0 Å². The first-order valence-corrected chi connectivity index (χ1v) is 6.02. The first-order valence-electron chi connectivity index (χ1n) is 5.65. The second kappa shape index (κ2) is 5.57. The zero-order valence-electron chi connectivity index (χ0n) is 9.49. The summed E-state index contributed by atoms with van der Waals surface area (Å²) in [5.41, 5.74) is 0.977. The van der Waals surface area contributed by atoms with Gasteiger partial charge in [-0.3, -0.25) is 4.90 Å². The summed E-state index contributed by atoms with van der Waals surface area (Å²) in [6.45, 7) is 3.07. The summed E-state index contributed by atoms with van der Waals surface area (Å²) in [7, 11) is 2.15. The van der Waals surface area contributed by atoms with Gasteiger partial charge in [0.25, 0.3) is 0 Å². The fraction of sp³-hybridized carbons (Fsp3) is 0.636. The van der Waals surface area contributed by atoms with Gasteiger partial charge in [0.2, 0.25) is 0 Å². The van der Waals surface area contributed by atoms with Gasteiger partial charge in [-0.25, -0.2) is 0 Å². The lowest BCUT2D eigenvalue weighted by atomic mass is 10.1. The molecule has 0 unspecified atom stereocenters. The number of aromatic nitrogens is 2. The van der Waals surface area contributed by atoms with Gasteiger partial charge >= 0.3 is 0 Å². The molecule has 88 valence electrons. The molecule has 1 aromatic rings. The minimum Gasteiger partial charge on any atom is -0.317 e. The van der Waals surface area contributed by atoms with Crippen molar-refractivity contribution in [3.05, 3.63) is 23.0 Å². The van der Waals surface area contributed by atoms with Crippen LogP contribution in [0.15, 0.2) is 12.1 Å². The Kier molecular flexibility index (Phi) is 4.09. The van der Waals surface area contributed by atoms with E-state index in [0.717, 1.165) is 25.3 Å². The Labute approximate surface area is 101 Å². The Morgan fingerprint density at radius 3 is 2.75 bits per heavy atom. The first-order chi connectivity index (χ1) is 7.75. The number of hydrogen-bond acceptors (Lipinski definition) is 4. The largest absolute Gasteiger partial charge is 0.317 e. The molecule has 0 atom stereocenters. The van der Waals surface area contributed by atoms with Crippen LogP contribution in [-0.4, -0.2) is 41.3 Å². The van der Waals surface area contributed by atoms with Crippen LogP contribution in [0.2, 0.25) is 5.15 Å². The number of hydrogen-bond donors (Lipinski definition) is 1. The van der Waals surface area contributed by atoms with Crippen LogP contribution in [-0.2, 0) is 6.54 Å². The third-order valence-corrected chi connectivity index (χ3v) is 3.23. The average Bonchev–Trinajstić information content (AvgIpc) is 2.33. The quantitative estimate of drug-likeness (QED) is 0.865. The van der Waals surface area contributed by atoms with Gasteiger partial charge in [-0.2, -0.15) is 5.10 Å². The van der Waals surface area contributed by atoms with Gasteiger partial charge in [0.15, 0.2) is 5.15 Å². The Morgan fingerprint density at radius 2 is 2.12 bits per heavy atom. The van der Waals surface area contributed by atoms with Gasteiger partial charge in [0.1, 0.15) is 0 Å². The number of nitrogens with zero attached hydrogens (tertiary/aromatic N) is 3. The predicted octanol–water partition coefficient (Wildman–Crippen LogP) is 1.31. The number of rotatable bonds is 3. The van der Waals surface area contributed by atoms with Crippen molar-refractivity contribution in [3.8, 4) is 0 Å². The number of halogens is 1. The van der Waals surface area contributed by atoms with Crippen LogP contribution in [0.1, 0.15) is 18.5 Å². The molecule has 1 N–H and O–H groups in total. The normalized spacial score (nSPS) is 17.9. The van der Waals surface area contributed by atoms with Gasteiger partial charge < -0.3 is 5.32 Å². The summed E-state index contributed by atoms with van der Waals surface area (Å²) in [5.74, 6) is 0. The summed E-state index contributed by atoms with van der Waals surface area (Å²) in [5, 5.41) is 11.7. The first kappa shape index (κ1) is 11.8. The molecule has 16 heavy (non-hydrogen) atoms. The summed E-state index contributed by atoms with van der Waals surface area (Å²) in [4.78, 5) is 2.35. The smallest absolute Gasteiger partial charge is 0.151 e. The van der Waals surface area contributed by atoms with Crippen molar-refractivity contribution in [2.75, 3.05) is 20.1 Å². The molecule has 1 aliphatic heterocycles. The molecule has 4 nitrogen and oxygen atoms in total. The standard InChI is InChI=1S/C11H17ClN4/c1-16(10-4-6-13-7-5-10)8-9-2-3-11(12)15-14-9/h2-3,10,13H,4-8H2,1H3. The van der Waals surface area contributed by atoms with Gasteiger partial charge in [-0.05, 0) is 45.1 Å². The molecule has 5 heteroatoms. The van der Waals surface area contributed by atoms with Gasteiger partial charge in [0.05, 0.1) is 5.69 Å². The summed E-state index contributed by atoms with van der Waals surface area (Å²) >= 11 is 5.70. The van der Waals surface area contributed by atoms with E-state index in [1.807, 2.05) is 6.07 Å². The summed E-state index contributed by atoms with van der Waals surface area (Å²) in [6, 6.07) is 4.38. The van der Waals surface area contributed by atoms with Crippen molar-refractivity contribution < 1.29 is 0 Å². The fourth-order valence-electron chi connectivity index (χ4n) is 2.06. The Morgan fingerprint density at radius 1 is 1.38 bits per heavy atom. The van der Waals surface area contributed by atoms with Crippen LogP contribution in [0.4, 0.5) is 0 Å². The van der Waals surface area contributed by atoms with E-state index in [2.05, 4.69) is 27.5 Å². The maximum Gasteiger partial charge on any atom is 0.151 e. The lowest BCUT2D eigenvalue weighted by molar-refractivity contribution is 0.189. The fourth-order valence-corrected chi connectivity index (χ4v) is 2.16. The van der Waals surface area contributed by atoms with Crippen molar-refractivity contribution in [1.29, 1.82) is 0 Å². The van der Waals surface area contributed by atoms with Gasteiger partial charge in [0, 0.05) is 12.6 Å².